The van der Waals surface area contributed by atoms with Gasteiger partial charge in [-0.25, -0.2) is 0 Å². The van der Waals surface area contributed by atoms with Crippen molar-refractivity contribution < 1.29 is 19.1 Å². The lowest BCUT2D eigenvalue weighted by atomic mass is 10.1. The maximum absolute atomic E-state index is 12.7. The van der Waals surface area contributed by atoms with Crippen molar-refractivity contribution in [1.29, 1.82) is 0 Å². The zero-order chi connectivity index (χ0) is 17.5. The van der Waals surface area contributed by atoms with Crippen molar-refractivity contribution in [2.24, 2.45) is 5.73 Å². The highest BCUT2D eigenvalue weighted by atomic mass is 35.5. The Kier molecular flexibility index (Phi) is 8.51. The smallest absolute Gasteiger partial charge is 0.254 e. The van der Waals surface area contributed by atoms with E-state index in [-0.39, 0.29) is 24.2 Å². The lowest BCUT2D eigenvalue weighted by Crippen LogP contribution is -2.50. The van der Waals surface area contributed by atoms with Crippen LogP contribution in [0.15, 0.2) is 18.2 Å². The van der Waals surface area contributed by atoms with E-state index >= 15 is 0 Å². The molecular formula is C17H26ClN3O4. The SMILES string of the molecule is COc1cc(OC)cc(C(=O)N2CCN(C(=O)CCCN)CC2)c1.Cl. The number of rotatable bonds is 6. The van der Waals surface area contributed by atoms with Crippen molar-refractivity contribution in [3.63, 3.8) is 0 Å². The number of benzene rings is 1. The Bertz CT molecular complexity index is 567. The fraction of sp³-hybridized carbons (Fsp3) is 0.529. The first-order valence-electron chi connectivity index (χ1n) is 8.09. The Morgan fingerprint density at radius 2 is 1.52 bits per heavy atom. The van der Waals surface area contributed by atoms with Crippen molar-refractivity contribution in [2.45, 2.75) is 12.8 Å². The van der Waals surface area contributed by atoms with E-state index in [1.54, 1.807) is 42.2 Å². The number of piperazine rings is 1. The summed E-state index contributed by atoms with van der Waals surface area (Å²) in [5.74, 6) is 1.18. The van der Waals surface area contributed by atoms with Crippen LogP contribution in [0.2, 0.25) is 0 Å². The maximum Gasteiger partial charge on any atom is 0.254 e. The molecule has 0 atom stereocenters. The number of carbonyl (C=O) groups is 2. The molecule has 1 aliphatic rings. The van der Waals surface area contributed by atoms with Gasteiger partial charge in [-0.2, -0.15) is 0 Å². The Hall–Kier alpha value is -1.99. The fourth-order valence-electron chi connectivity index (χ4n) is 2.68. The summed E-state index contributed by atoms with van der Waals surface area (Å²) >= 11 is 0. The molecular weight excluding hydrogens is 346 g/mol. The van der Waals surface area contributed by atoms with Gasteiger partial charge in [0.05, 0.1) is 14.2 Å². The molecule has 0 aliphatic carbocycles. The predicted molar refractivity (Wildman–Crippen MR) is 97.6 cm³/mol. The van der Waals surface area contributed by atoms with Crippen LogP contribution >= 0.6 is 12.4 Å². The van der Waals surface area contributed by atoms with Gasteiger partial charge in [0.25, 0.3) is 5.91 Å². The maximum atomic E-state index is 12.7. The topological polar surface area (TPSA) is 85.1 Å². The summed E-state index contributed by atoms with van der Waals surface area (Å²) in [5, 5.41) is 0. The molecule has 0 aromatic heterocycles. The zero-order valence-corrected chi connectivity index (χ0v) is 15.5. The summed E-state index contributed by atoms with van der Waals surface area (Å²) in [7, 11) is 3.10. The summed E-state index contributed by atoms with van der Waals surface area (Å²) in [6, 6.07) is 5.12. The van der Waals surface area contributed by atoms with Gasteiger partial charge in [0, 0.05) is 44.2 Å². The number of hydrogen-bond donors (Lipinski definition) is 1. The molecule has 1 aromatic carbocycles. The second-order valence-electron chi connectivity index (χ2n) is 5.67. The lowest BCUT2D eigenvalue weighted by molar-refractivity contribution is -0.132. The summed E-state index contributed by atoms with van der Waals surface area (Å²) in [5.41, 5.74) is 5.96. The molecule has 140 valence electrons. The van der Waals surface area contributed by atoms with Crippen LogP contribution in [0.4, 0.5) is 0 Å². The van der Waals surface area contributed by atoms with Crippen molar-refractivity contribution in [3.8, 4) is 11.5 Å². The molecule has 1 saturated heterocycles. The Balaban J connectivity index is 0.00000312. The number of amides is 2. The van der Waals surface area contributed by atoms with Crippen LogP contribution in [-0.2, 0) is 4.79 Å². The van der Waals surface area contributed by atoms with Gasteiger partial charge in [-0.15, -0.1) is 12.4 Å². The van der Waals surface area contributed by atoms with Crippen LogP contribution in [0.5, 0.6) is 11.5 Å². The van der Waals surface area contributed by atoms with Gasteiger partial charge in [-0.05, 0) is 25.1 Å². The Morgan fingerprint density at radius 3 is 2.00 bits per heavy atom. The first-order chi connectivity index (χ1) is 11.6. The molecule has 0 radical (unpaired) electrons. The number of halogens is 1. The fourth-order valence-corrected chi connectivity index (χ4v) is 2.68. The van der Waals surface area contributed by atoms with Crippen molar-refractivity contribution in [3.05, 3.63) is 23.8 Å². The van der Waals surface area contributed by atoms with Gasteiger partial charge in [0.15, 0.2) is 0 Å². The minimum atomic E-state index is -0.0822. The van der Waals surface area contributed by atoms with Crippen LogP contribution in [0.25, 0.3) is 0 Å². The highest BCUT2D eigenvalue weighted by Gasteiger charge is 2.25. The molecule has 0 saturated carbocycles. The summed E-state index contributed by atoms with van der Waals surface area (Å²) in [6.45, 7) is 2.66. The quantitative estimate of drug-likeness (QED) is 0.810. The van der Waals surface area contributed by atoms with Crippen LogP contribution in [0.3, 0.4) is 0 Å². The zero-order valence-electron chi connectivity index (χ0n) is 14.7. The average Bonchev–Trinajstić information content (AvgIpc) is 2.65. The monoisotopic (exact) mass is 371 g/mol. The molecule has 25 heavy (non-hydrogen) atoms. The standard InChI is InChI=1S/C17H25N3O4.ClH/c1-23-14-10-13(11-15(12-14)24-2)17(22)20-8-6-19(7-9-20)16(21)4-3-5-18;/h10-12H,3-9,18H2,1-2H3;1H. The summed E-state index contributed by atoms with van der Waals surface area (Å²) < 4.78 is 10.4. The predicted octanol–water partition coefficient (Wildman–Crippen LogP) is 1.15. The van der Waals surface area contributed by atoms with Gasteiger partial charge in [0.2, 0.25) is 5.91 Å². The van der Waals surface area contributed by atoms with E-state index in [0.29, 0.717) is 62.6 Å². The third-order valence-electron chi connectivity index (χ3n) is 4.11. The molecule has 7 nitrogen and oxygen atoms in total. The third-order valence-corrected chi connectivity index (χ3v) is 4.11. The van der Waals surface area contributed by atoms with Crippen LogP contribution in [-0.4, -0.2) is 68.6 Å². The second-order valence-corrected chi connectivity index (χ2v) is 5.67. The number of ether oxygens (including phenoxy) is 2. The molecule has 1 aliphatic heterocycles. The molecule has 1 heterocycles. The lowest BCUT2D eigenvalue weighted by Gasteiger charge is -2.35. The highest BCUT2D eigenvalue weighted by Crippen LogP contribution is 2.23. The average molecular weight is 372 g/mol. The van der Waals surface area contributed by atoms with E-state index in [1.807, 2.05) is 0 Å². The van der Waals surface area contributed by atoms with E-state index in [9.17, 15) is 9.59 Å². The minimum Gasteiger partial charge on any atom is -0.497 e. The number of nitrogens with zero attached hydrogens (tertiary/aromatic N) is 2. The van der Waals surface area contributed by atoms with Crippen molar-refractivity contribution >= 4 is 24.2 Å². The number of nitrogens with two attached hydrogens (primary N) is 1. The van der Waals surface area contributed by atoms with Gasteiger partial charge >= 0.3 is 0 Å². The molecule has 2 amide bonds. The van der Waals surface area contributed by atoms with Gasteiger partial charge in [-0.3, -0.25) is 9.59 Å². The third kappa shape index (κ3) is 5.51. The van der Waals surface area contributed by atoms with E-state index in [2.05, 4.69) is 0 Å². The largest absolute Gasteiger partial charge is 0.497 e. The first kappa shape index (κ1) is 21.1. The molecule has 1 fully saturated rings. The van der Waals surface area contributed by atoms with Crippen molar-refractivity contribution in [2.75, 3.05) is 46.9 Å². The molecule has 1 aromatic rings. The van der Waals surface area contributed by atoms with E-state index in [4.69, 9.17) is 15.2 Å². The summed E-state index contributed by atoms with van der Waals surface area (Å²) in [4.78, 5) is 28.2. The van der Waals surface area contributed by atoms with Crippen LogP contribution in [0.1, 0.15) is 23.2 Å². The molecule has 0 unspecified atom stereocenters. The highest BCUT2D eigenvalue weighted by molar-refractivity contribution is 5.95. The molecule has 8 heteroatoms. The van der Waals surface area contributed by atoms with Gasteiger partial charge < -0.3 is 25.0 Å². The van der Waals surface area contributed by atoms with E-state index in [0.717, 1.165) is 0 Å². The molecule has 0 spiro atoms. The van der Waals surface area contributed by atoms with Crippen LogP contribution < -0.4 is 15.2 Å². The second kappa shape index (κ2) is 10.1. The van der Waals surface area contributed by atoms with Crippen LogP contribution in [0, 0.1) is 0 Å². The van der Waals surface area contributed by atoms with Gasteiger partial charge in [0.1, 0.15) is 11.5 Å². The minimum absolute atomic E-state index is 0. The van der Waals surface area contributed by atoms with Crippen molar-refractivity contribution in [1.82, 2.24) is 9.80 Å². The Morgan fingerprint density at radius 1 is 1.00 bits per heavy atom. The number of carbonyl (C=O) groups excluding carboxylic acids is 2. The molecule has 2 rings (SSSR count). The number of hydrogen-bond acceptors (Lipinski definition) is 5. The van der Waals surface area contributed by atoms with E-state index < -0.39 is 0 Å². The number of methoxy groups -OCH3 is 2. The van der Waals surface area contributed by atoms with Gasteiger partial charge in [-0.1, -0.05) is 0 Å². The van der Waals surface area contributed by atoms with E-state index in [1.165, 1.54) is 0 Å². The Labute approximate surface area is 154 Å². The molecule has 2 N–H and O–H groups in total. The summed E-state index contributed by atoms with van der Waals surface area (Å²) in [6.07, 6.45) is 1.17. The first-order valence-corrected chi connectivity index (χ1v) is 8.09. The normalized spacial score (nSPS) is 13.9. The molecule has 0 bridgehead atoms.